The SMILES string of the molecule is C[C@@H]1c2ccc(NC(=O)OCCBr)c(O)c2C(=O)C2=C(O)[C@]3(O)C(=O)C(C(N)=O)=C(O)[C@@H](N(C)C)[C@@H]3[C@@H](O)[C@@H]21. The summed E-state index contributed by atoms with van der Waals surface area (Å²) in [5.41, 5.74) is 0.546. The minimum Gasteiger partial charge on any atom is -0.510 e. The Morgan fingerprint density at radius 3 is 2.41 bits per heavy atom. The van der Waals surface area contributed by atoms with Gasteiger partial charge in [0.05, 0.1) is 29.3 Å². The number of aliphatic hydroxyl groups is 4. The van der Waals surface area contributed by atoms with Crippen LogP contribution in [0.15, 0.2) is 34.8 Å². The van der Waals surface area contributed by atoms with Gasteiger partial charge in [-0.15, -0.1) is 0 Å². The van der Waals surface area contributed by atoms with Gasteiger partial charge in [0.15, 0.2) is 17.1 Å². The molecule has 4 rings (SSSR count). The fourth-order valence-corrected chi connectivity index (χ4v) is 6.16. The normalized spacial score (nSPS) is 30.1. The molecule has 0 aromatic heterocycles. The molecule has 0 heterocycles. The number of hydrogen-bond acceptors (Lipinski definition) is 11. The smallest absolute Gasteiger partial charge is 0.411 e. The molecule has 210 valence electrons. The number of carbonyl (C=O) groups is 4. The summed E-state index contributed by atoms with van der Waals surface area (Å²) in [7, 11) is 2.91. The lowest BCUT2D eigenvalue weighted by molar-refractivity contribution is -0.162. The highest BCUT2D eigenvalue weighted by Crippen LogP contribution is 2.56. The summed E-state index contributed by atoms with van der Waals surface area (Å²) in [6.07, 6.45) is -2.60. The highest BCUT2D eigenvalue weighted by atomic mass is 79.9. The maximum atomic E-state index is 13.8. The molecule has 2 amide bonds. The van der Waals surface area contributed by atoms with Gasteiger partial charge in [-0.3, -0.25) is 24.6 Å². The van der Waals surface area contributed by atoms with Gasteiger partial charge in [-0.1, -0.05) is 28.9 Å². The Morgan fingerprint density at radius 2 is 1.85 bits per heavy atom. The quantitative estimate of drug-likeness (QED) is 0.139. The molecule has 0 bridgehead atoms. The molecule has 39 heavy (non-hydrogen) atoms. The second-order valence-corrected chi connectivity index (χ2v) is 10.7. The molecule has 3 aliphatic rings. The topological polar surface area (TPSA) is 220 Å². The van der Waals surface area contributed by atoms with Crippen LogP contribution in [0.5, 0.6) is 5.75 Å². The molecular formula is C25H28BrN3O10. The van der Waals surface area contributed by atoms with Crippen molar-refractivity contribution in [3.63, 3.8) is 0 Å². The van der Waals surface area contributed by atoms with Crippen LogP contribution in [-0.4, -0.2) is 97.8 Å². The number of hydrogen-bond donors (Lipinski definition) is 7. The molecule has 0 fully saturated rings. The van der Waals surface area contributed by atoms with Crippen molar-refractivity contribution >= 4 is 45.2 Å². The van der Waals surface area contributed by atoms with Gasteiger partial charge >= 0.3 is 6.09 Å². The first-order chi connectivity index (χ1) is 18.2. The first-order valence-electron chi connectivity index (χ1n) is 11.9. The first-order valence-corrected chi connectivity index (χ1v) is 13.0. The summed E-state index contributed by atoms with van der Waals surface area (Å²) in [6.45, 7) is 1.64. The minimum atomic E-state index is -3.01. The predicted molar refractivity (Wildman–Crippen MR) is 139 cm³/mol. The number of anilines is 1. The van der Waals surface area contributed by atoms with Crippen LogP contribution < -0.4 is 11.1 Å². The van der Waals surface area contributed by atoms with E-state index >= 15 is 0 Å². The number of primary amides is 1. The predicted octanol–water partition coefficient (Wildman–Crippen LogP) is 0.596. The van der Waals surface area contributed by atoms with Crippen LogP contribution >= 0.6 is 15.9 Å². The van der Waals surface area contributed by atoms with Crippen molar-refractivity contribution in [1.82, 2.24) is 4.90 Å². The van der Waals surface area contributed by atoms with E-state index in [0.717, 1.165) is 0 Å². The number of ketones is 2. The van der Waals surface area contributed by atoms with Gasteiger partial charge in [0, 0.05) is 16.8 Å². The number of aromatic hydroxyl groups is 1. The summed E-state index contributed by atoms with van der Waals surface area (Å²) in [5.74, 6) is -9.97. The number of likely N-dealkylation sites (N-methyl/N-ethyl adjacent to an activating group) is 1. The van der Waals surface area contributed by atoms with Crippen molar-refractivity contribution in [2.24, 2.45) is 17.6 Å². The number of nitrogens with two attached hydrogens (primary N) is 1. The Hall–Kier alpha value is -3.46. The molecule has 0 saturated heterocycles. The van der Waals surface area contributed by atoms with Crippen molar-refractivity contribution in [2.75, 3.05) is 31.3 Å². The fraction of sp³-hybridized carbons (Fsp3) is 0.440. The summed E-state index contributed by atoms with van der Waals surface area (Å²) < 4.78 is 4.90. The van der Waals surface area contributed by atoms with E-state index < -0.39 is 87.5 Å². The Bertz CT molecular complexity index is 1360. The number of Topliss-reactive ketones (excluding diaryl/α,β-unsaturated/α-hetero) is 2. The van der Waals surface area contributed by atoms with Gasteiger partial charge in [0.25, 0.3) is 5.91 Å². The van der Waals surface area contributed by atoms with Crippen molar-refractivity contribution in [2.45, 2.75) is 30.6 Å². The zero-order valence-electron chi connectivity index (χ0n) is 21.1. The molecule has 8 N–H and O–H groups in total. The van der Waals surface area contributed by atoms with Crippen LogP contribution in [0.2, 0.25) is 0 Å². The highest BCUT2D eigenvalue weighted by Gasteiger charge is 2.67. The van der Waals surface area contributed by atoms with E-state index in [-0.39, 0.29) is 23.4 Å². The van der Waals surface area contributed by atoms with E-state index in [1.165, 1.54) is 31.1 Å². The van der Waals surface area contributed by atoms with Crippen molar-refractivity contribution in [1.29, 1.82) is 0 Å². The Balaban J connectivity index is 1.92. The number of halogens is 1. The monoisotopic (exact) mass is 609 g/mol. The van der Waals surface area contributed by atoms with E-state index in [4.69, 9.17) is 10.5 Å². The molecule has 1 aromatic carbocycles. The lowest BCUT2D eigenvalue weighted by atomic mass is 9.55. The summed E-state index contributed by atoms with van der Waals surface area (Å²) in [4.78, 5) is 52.6. The fourth-order valence-electron chi connectivity index (χ4n) is 6.00. The number of aliphatic hydroxyl groups excluding tert-OH is 3. The van der Waals surface area contributed by atoms with Gasteiger partial charge in [0.2, 0.25) is 5.78 Å². The van der Waals surface area contributed by atoms with Gasteiger partial charge < -0.3 is 36.0 Å². The maximum absolute atomic E-state index is 13.8. The van der Waals surface area contributed by atoms with Crippen LogP contribution in [0.1, 0.15) is 28.8 Å². The maximum Gasteiger partial charge on any atom is 0.411 e. The van der Waals surface area contributed by atoms with Crippen LogP contribution in [0, 0.1) is 11.8 Å². The number of nitrogens with zero attached hydrogens (tertiary/aromatic N) is 1. The number of fused-ring (bicyclic) bond motifs is 3. The zero-order chi connectivity index (χ0) is 29.1. The number of ether oxygens (including phenoxy) is 1. The third kappa shape index (κ3) is 4.01. The van der Waals surface area contributed by atoms with Crippen LogP contribution in [0.25, 0.3) is 0 Å². The van der Waals surface area contributed by atoms with Gasteiger partial charge in [-0.2, -0.15) is 0 Å². The Morgan fingerprint density at radius 1 is 1.21 bits per heavy atom. The van der Waals surface area contributed by atoms with Gasteiger partial charge in [-0.25, -0.2) is 4.79 Å². The number of amides is 2. The number of nitrogens with one attached hydrogen (secondary N) is 1. The molecule has 0 spiro atoms. The number of phenols is 1. The molecule has 1 aromatic rings. The lowest BCUT2D eigenvalue weighted by Crippen LogP contribution is -2.68. The molecule has 0 radical (unpaired) electrons. The molecule has 0 saturated carbocycles. The highest BCUT2D eigenvalue weighted by molar-refractivity contribution is 9.09. The molecule has 6 atom stereocenters. The van der Waals surface area contributed by atoms with Crippen LogP contribution in [0.4, 0.5) is 10.5 Å². The first kappa shape index (κ1) is 28.5. The van der Waals surface area contributed by atoms with Gasteiger partial charge in [-0.05, 0) is 31.6 Å². The molecule has 13 nitrogen and oxygen atoms in total. The number of benzene rings is 1. The third-order valence-corrected chi connectivity index (χ3v) is 8.00. The van der Waals surface area contributed by atoms with E-state index in [2.05, 4.69) is 21.2 Å². The van der Waals surface area contributed by atoms with E-state index in [1.807, 2.05) is 0 Å². The number of alkyl halides is 1. The summed E-state index contributed by atoms with van der Waals surface area (Å²) in [5, 5.41) is 59.1. The largest absolute Gasteiger partial charge is 0.510 e. The second-order valence-electron chi connectivity index (χ2n) is 9.93. The van der Waals surface area contributed by atoms with Crippen molar-refractivity contribution in [3.05, 3.63) is 45.9 Å². The van der Waals surface area contributed by atoms with Crippen LogP contribution in [-0.2, 0) is 14.3 Å². The average Bonchev–Trinajstić information content (AvgIpc) is 2.85. The summed E-state index contributed by atoms with van der Waals surface area (Å²) >= 11 is 3.11. The number of phenolic OH excluding ortho intramolecular Hbond substituents is 1. The molecule has 3 aliphatic carbocycles. The Labute approximate surface area is 230 Å². The van der Waals surface area contributed by atoms with E-state index in [9.17, 15) is 44.7 Å². The number of carbonyl (C=O) groups excluding carboxylic acids is 4. The molecule has 0 unspecified atom stereocenters. The minimum absolute atomic E-state index is 0.0346. The standard InChI is InChI=1S/C25H28BrN3O10/c1-8-9-4-5-10(28-24(37)39-7-6-26)17(30)12(9)18(31)13-11(8)19(32)15-16(29(2)3)20(33)14(23(27)36)22(35)25(15,38)21(13)34/h4-5,8,11,15-16,19,30,32-34,38H,6-7H2,1-3H3,(H2,27,36)(H,28,37)/t8-,11-,15-,16+,19+,25+/m1/s1. The van der Waals surface area contributed by atoms with Crippen LogP contribution in [0.3, 0.4) is 0 Å². The zero-order valence-corrected chi connectivity index (χ0v) is 22.7. The van der Waals surface area contributed by atoms with Crippen molar-refractivity contribution in [3.8, 4) is 5.75 Å². The molecular weight excluding hydrogens is 582 g/mol. The van der Waals surface area contributed by atoms with Gasteiger partial charge in [0.1, 0.15) is 23.7 Å². The third-order valence-electron chi connectivity index (χ3n) is 7.68. The molecule has 14 heteroatoms. The van der Waals surface area contributed by atoms with Crippen molar-refractivity contribution < 1.29 is 49.4 Å². The second kappa shape index (κ2) is 9.93. The summed E-state index contributed by atoms with van der Waals surface area (Å²) in [6, 6.07) is 1.45. The number of rotatable bonds is 5. The van der Waals surface area contributed by atoms with E-state index in [0.29, 0.717) is 5.33 Å². The lowest BCUT2D eigenvalue weighted by Gasteiger charge is -2.53. The Kier molecular flexibility index (Phi) is 7.27. The average molecular weight is 610 g/mol. The molecule has 0 aliphatic heterocycles. The van der Waals surface area contributed by atoms with E-state index in [1.54, 1.807) is 6.92 Å².